The first-order valence-corrected chi connectivity index (χ1v) is 3.69. The fourth-order valence-electron chi connectivity index (χ4n) is 0.699. The number of quaternary nitrogens is 1. The van der Waals surface area contributed by atoms with E-state index in [-0.39, 0.29) is 19.5 Å². The average molecular weight is 208 g/mol. The first-order valence-electron chi connectivity index (χ1n) is 3.69. The van der Waals surface area contributed by atoms with Crippen molar-refractivity contribution in [3.8, 4) is 0 Å². The highest BCUT2D eigenvalue weighted by Crippen LogP contribution is 1.87. The van der Waals surface area contributed by atoms with E-state index in [1.807, 2.05) is 0 Å². The monoisotopic (exact) mass is 208 g/mol. The van der Waals surface area contributed by atoms with E-state index < -0.39 is 12.0 Å². The molecule has 0 aromatic rings. The third-order valence-corrected chi connectivity index (χ3v) is 1.39. The van der Waals surface area contributed by atoms with Crippen LogP contribution in [0.4, 0.5) is 0 Å². The van der Waals surface area contributed by atoms with Crippen molar-refractivity contribution < 1.29 is 20.6 Å². The molecule has 0 saturated carbocycles. The zero-order chi connectivity index (χ0) is 9.56. The van der Waals surface area contributed by atoms with E-state index in [0.29, 0.717) is 19.4 Å². The molecule has 7 heteroatoms. The van der Waals surface area contributed by atoms with Gasteiger partial charge in [-0.25, -0.2) is 0 Å². The van der Waals surface area contributed by atoms with Crippen LogP contribution in [0.15, 0.2) is 0 Å². The second-order valence-electron chi connectivity index (χ2n) is 2.54. The van der Waals surface area contributed by atoms with E-state index in [1.54, 1.807) is 0 Å². The minimum absolute atomic E-state index is 0. The topological polar surface area (TPSA) is 169 Å². The maximum absolute atomic E-state index is 10.2. The molecule has 0 aromatic heterocycles. The molecule has 14 heavy (non-hydrogen) atoms. The van der Waals surface area contributed by atoms with Gasteiger partial charge in [0.15, 0.2) is 0 Å². The van der Waals surface area contributed by atoms with Crippen molar-refractivity contribution in [1.29, 1.82) is 0 Å². The number of carbonyl (C=O) groups excluding carboxylic acids is 1. The molecule has 0 amide bonds. The Labute approximate surface area is 83.9 Å². The van der Waals surface area contributed by atoms with Gasteiger partial charge >= 0.3 is 5.96 Å². The Kier molecular flexibility index (Phi) is 12.8. The van der Waals surface area contributed by atoms with E-state index in [2.05, 4.69) is 10.7 Å². The molecule has 0 aliphatic carbocycles. The summed E-state index contributed by atoms with van der Waals surface area (Å²) in [5.74, 6) is -0.983. The SMILES string of the molecule is C.N.NC(N)=[NH+]CCCC([NH3+])C(=O)[O-]. The highest BCUT2D eigenvalue weighted by Gasteiger charge is 2.05. The van der Waals surface area contributed by atoms with Crippen molar-refractivity contribution in [2.45, 2.75) is 26.3 Å². The van der Waals surface area contributed by atoms with Gasteiger partial charge in [-0.2, -0.15) is 0 Å². The van der Waals surface area contributed by atoms with Crippen molar-refractivity contribution in [3.05, 3.63) is 0 Å². The maximum Gasteiger partial charge on any atom is 0.338 e. The number of guanidine groups is 1. The minimum Gasteiger partial charge on any atom is -0.544 e. The highest BCUT2D eigenvalue weighted by molar-refractivity contribution is 5.69. The number of hydrogen-bond acceptors (Lipinski definition) is 3. The number of rotatable bonds is 5. The van der Waals surface area contributed by atoms with E-state index in [9.17, 15) is 9.90 Å². The minimum atomic E-state index is -1.13. The van der Waals surface area contributed by atoms with E-state index in [1.165, 1.54) is 0 Å². The molecule has 11 N–H and O–H groups in total. The molecule has 0 aliphatic heterocycles. The normalized spacial score (nSPS) is 10.4. The zero-order valence-electron chi connectivity index (χ0n) is 7.58. The van der Waals surface area contributed by atoms with Crippen LogP contribution in [0, 0.1) is 0 Å². The second-order valence-corrected chi connectivity index (χ2v) is 2.54. The summed E-state index contributed by atoms with van der Waals surface area (Å²) in [7, 11) is 0. The molecular formula is C7H22N5O2+. The summed E-state index contributed by atoms with van der Waals surface area (Å²) in [4.78, 5) is 12.8. The number of nitrogens with one attached hydrogen (secondary N) is 1. The predicted octanol–water partition coefficient (Wildman–Crippen LogP) is -4.72. The Hall–Kier alpha value is -1.34. The van der Waals surface area contributed by atoms with Crippen LogP contribution in [0.1, 0.15) is 20.3 Å². The number of carboxylic acid groups (broad SMARTS) is 1. The lowest BCUT2D eigenvalue weighted by Crippen LogP contribution is -2.78. The number of hydrogen-bond donors (Lipinski definition) is 5. The van der Waals surface area contributed by atoms with Crippen LogP contribution in [0.5, 0.6) is 0 Å². The van der Waals surface area contributed by atoms with Gasteiger partial charge in [-0.05, 0) is 6.42 Å². The van der Waals surface area contributed by atoms with Gasteiger partial charge in [0.25, 0.3) is 0 Å². The van der Waals surface area contributed by atoms with Crippen molar-refractivity contribution in [3.63, 3.8) is 0 Å². The maximum atomic E-state index is 10.2. The summed E-state index contributed by atoms with van der Waals surface area (Å²) in [6.07, 6.45) is 1.11. The summed E-state index contributed by atoms with van der Waals surface area (Å²) < 4.78 is 0. The Morgan fingerprint density at radius 1 is 1.50 bits per heavy atom. The van der Waals surface area contributed by atoms with Gasteiger partial charge in [-0.3, -0.25) is 16.5 Å². The zero-order valence-corrected chi connectivity index (χ0v) is 7.58. The van der Waals surface area contributed by atoms with Crippen molar-refractivity contribution in [2.75, 3.05) is 6.54 Å². The van der Waals surface area contributed by atoms with Gasteiger partial charge in [0.05, 0.1) is 12.5 Å². The molecule has 0 aliphatic rings. The fraction of sp³-hybridized carbons (Fsp3) is 0.714. The number of nitrogens with two attached hydrogens (primary N) is 2. The quantitative estimate of drug-likeness (QED) is 0.173. The third-order valence-electron chi connectivity index (χ3n) is 1.39. The van der Waals surface area contributed by atoms with Crippen LogP contribution in [-0.2, 0) is 4.79 Å². The number of carboxylic acids is 1. The largest absolute Gasteiger partial charge is 0.544 e. The van der Waals surface area contributed by atoms with Gasteiger partial charge in [-0.15, -0.1) is 0 Å². The molecule has 1 atom stereocenters. The summed E-state index contributed by atoms with van der Waals surface area (Å²) in [5.41, 5.74) is 13.6. The summed E-state index contributed by atoms with van der Waals surface area (Å²) >= 11 is 0. The first kappa shape index (κ1) is 18.4. The molecule has 0 rings (SSSR count). The molecule has 1 unspecified atom stereocenters. The Morgan fingerprint density at radius 3 is 2.36 bits per heavy atom. The molecule has 0 heterocycles. The van der Waals surface area contributed by atoms with Crippen molar-refractivity contribution >= 4 is 11.9 Å². The number of carbonyl (C=O) groups is 1. The van der Waals surface area contributed by atoms with Crippen molar-refractivity contribution in [2.24, 2.45) is 11.5 Å². The van der Waals surface area contributed by atoms with Crippen LogP contribution in [0.2, 0.25) is 0 Å². The molecule has 7 nitrogen and oxygen atoms in total. The van der Waals surface area contributed by atoms with Gasteiger partial charge in [0, 0.05) is 6.42 Å². The lowest BCUT2D eigenvalue weighted by molar-refractivity contribution is -0.466. The van der Waals surface area contributed by atoms with E-state index in [0.717, 1.165) is 0 Å². The second kappa shape index (κ2) is 9.75. The van der Waals surface area contributed by atoms with Crippen LogP contribution in [0.25, 0.3) is 0 Å². The molecule has 0 bridgehead atoms. The Morgan fingerprint density at radius 2 is 2.00 bits per heavy atom. The van der Waals surface area contributed by atoms with Crippen molar-refractivity contribution in [1.82, 2.24) is 6.15 Å². The molecule has 0 fully saturated rings. The van der Waals surface area contributed by atoms with Crippen LogP contribution >= 0.6 is 0 Å². The average Bonchev–Trinajstić information content (AvgIpc) is 1.97. The predicted molar refractivity (Wildman–Crippen MR) is 51.9 cm³/mol. The highest BCUT2D eigenvalue weighted by atomic mass is 16.4. The Bertz CT molecular complexity index is 179. The standard InChI is InChI=1S/C6H14N4O2.CH4.H3N/c7-4(5(11)12)2-1-3-10-6(8)9;;/h4H,1-3,7H2,(H,11,12)(H4,8,9,10);1H4;1H3/p+1. The molecule has 0 saturated heterocycles. The molecule has 0 aromatic carbocycles. The molecule has 86 valence electrons. The summed E-state index contributed by atoms with van der Waals surface area (Å²) in [6.45, 7) is 0.557. The van der Waals surface area contributed by atoms with E-state index >= 15 is 0 Å². The van der Waals surface area contributed by atoms with Crippen LogP contribution in [-0.4, -0.2) is 24.5 Å². The molecule has 0 spiro atoms. The van der Waals surface area contributed by atoms with Gasteiger partial charge in [-0.1, -0.05) is 7.43 Å². The molecule has 0 radical (unpaired) electrons. The summed E-state index contributed by atoms with van der Waals surface area (Å²) in [5, 5.41) is 10.2. The summed E-state index contributed by atoms with van der Waals surface area (Å²) in [6, 6.07) is -0.661. The van der Waals surface area contributed by atoms with Gasteiger partial charge < -0.3 is 21.8 Å². The lowest BCUT2D eigenvalue weighted by atomic mass is 10.2. The smallest absolute Gasteiger partial charge is 0.338 e. The van der Waals surface area contributed by atoms with Gasteiger partial charge in [0.1, 0.15) is 6.04 Å². The van der Waals surface area contributed by atoms with Crippen LogP contribution < -0.4 is 33.5 Å². The van der Waals surface area contributed by atoms with Crippen LogP contribution in [0.3, 0.4) is 0 Å². The fourth-order valence-corrected chi connectivity index (χ4v) is 0.699. The molecular weight excluding hydrogens is 186 g/mol. The van der Waals surface area contributed by atoms with Gasteiger partial charge in [0.2, 0.25) is 0 Å². The number of aliphatic carboxylic acids is 1. The lowest BCUT2D eigenvalue weighted by Gasteiger charge is -2.06. The Balaban J connectivity index is -0.000000605. The third kappa shape index (κ3) is 10.7. The van der Waals surface area contributed by atoms with E-state index in [4.69, 9.17) is 11.5 Å². The first-order chi connectivity index (χ1) is 5.54.